The molecule has 2 atom stereocenters. The first-order valence-corrected chi connectivity index (χ1v) is 17.1. The van der Waals surface area contributed by atoms with Gasteiger partial charge in [0, 0.05) is 41.2 Å². The number of phenolic OH excluding ortho intramolecular Hbond substituents is 1. The van der Waals surface area contributed by atoms with Gasteiger partial charge in [0.2, 0.25) is 0 Å². The van der Waals surface area contributed by atoms with E-state index in [0.29, 0.717) is 6.42 Å². The zero-order valence-electron chi connectivity index (χ0n) is 28.8. The van der Waals surface area contributed by atoms with Crippen molar-refractivity contribution in [3.63, 3.8) is 0 Å². The van der Waals surface area contributed by atoms with Crippen molar-refractivity contribution in [2.24, 2.45) is 5.41 Å². The summed E-state index contributed by atoms with van der Waals surface area (Å²) < 4.78 is 93.7. The number of rotatable bonds is 10. The van der Waals surface area contributed by atoms with Crippen LogP contribution in [0.4, 0.5) is 32.2 Å². The summed E-state index contributed by atoms with van der Waals surface area (Å²) in [6.45, 7) is 9.13. The number of anilines is 1. The summed E-state index contributed by atoms with van der Waals surface area (Å²) in [6.07, 6.45) is 0.736. The van der Waals surface area contributed by atoms with Gasteiger partial charge in [-0.15, -0.1) is 0 Å². The summed E-state index contributed by atoms with van der Waals surface area (Å²) >= 11 is 0. The Labute approximate surface area is 291 Å². The molecule has 2 unspecified atom stereocenters. The monoisotopic (exact) mass is 715 g/mol. The van der Waals surface area contributed by atoms with Gasteiger partial charge in [0.25, 0.3) is 5.78 Å². The first kappa shape index (κ1) is 36.3. The molecule has 1 fully saturated rings. The number of benzene rings is 2. The Bertz CT molecular complexity index is 2040. The molecule has 0 amide bonds. The van der Waals surface area contributed by atoms with Gasteiger partial charge >= 0.3 is 12.2 Å². The zero-order valence-corrected chi connectivity index (χ0v) is 28.8. The lowest BCUT2D eigenvalue weighted by Gasteiger charge is -2.41. The lowest BCUT2D eigenvalue weighted by molar-refractivity contribution is -0.167. The number of alkyl halides is 3. The molecule has 0 bridgehead atoms. The SMILES string of the molecule is CCCC1(C)CN(c2nc(OCC3(CC)CCCN3CC)nc3c(F)c(-c4cc(O)cc5ccc(F)c(F)c45)ncc23)CC=C1C(=O)C(F)(F)F. The maximum absolute atomic E-state index is 16.8. The van der Waals surface area contributed by atoms with Gasteiger partial charge in [-0.3, -0.25) is 14.7 Å². The Morgan fingerprint density at radius 3 is 2.53 bits per heavy atom. The van der Waals surface area contributed by atoms with Crippen LogP contribution in [0.1, 0.15) is 59.8 Å². The lowest BCUT2D eigenvalue weighted by atomic mass is 9.73. The van der Waals surface area contributed by atoms with Crippen LogP contribution in [0.15, 0.2) is 42.1 Å². The fourth-order valence-electron chi connectivity index (χ4n) is 7.90. The molecule has 0 spiro atoms. The largest absolute Gasteiger partial charge is 0.508 e. The molecule has 6 rings (SSSR count). The van der Waals surface area contributed by atoms with E-state index < -0.39 is 40.5 Å². The number of hydrogen-bond donors (Lipinski definition) is 1. The van der Waals surface area contributed by atoms with Gasteiger partial charge in [-0.1, -0.05) is 46.3 Å². The molecule has 0 aliphatic carbocycles. The maximum Gasteiger partial charge on any atom is 0.454 e. The summed E-state index contributed by atoms with van der Waals surface area (Å²) in [5, 5.41) is 10.3. The molecular weight excluding hydrogens is 676 g/mol. The third kappa shape index (κ3) is 6.47. The number of ether oxygens (including phenoxy) is 1. The molecule has 8 nitrogen and oxygen atoms in total. The molecule has 4 heterocycles. The van der Waals surface area contributed by atoms with E-state index in [0.717, 1.165) is 44.5 Å². The van der Waals surface area contributed by atoms with Crippen LogP contribution in [0.2, 0.25) is 0 Å². The highest BCUT2D eigenvalue weighted by atomic mass is 19.4. The second-order valence-corrected chi connectivity index (χ2v) is 13.7. The number of fused-ring (bicyclic) bond motifs is 2. The van der Waals surface area contributed by atoms with Crippen molar-refractivity contribution < 1.29 is 41.0 Å². The second kappa shape index (κ2) is 13.6. The Hall–Kier alpha value is -4.46. The van der Waals surface area contributed by atoms with E-state index in [9.17, 15) is 27.5 Å². The van der Waals surface area contributed by atoms with Crippen molar-refractivity contribution in [1.29, 1.82) is 0 Å². The van der Waals surface area contributed by atoms with Gasteiger partial charge in [-0.25, -0.2) is 13.2 Å². The van der Waals surface area contributed by atoms with Crippen molar-refractivity contribution in [3.8, 4) is 23.0 Å². The van der Waals surface area contributed by atoms with E-state index >= 15 is 8.78 Å². The van der Waals surface area contributed by atoms with Crippen LogP contribution in [0, 0.1) is 22.9 Å². The standard InChI is InChI=1S/C37H39F6N5O3/c1-5-12-35(4)19-47(15-11-25(35)32(50)37(41,42)43)33-24-18-44-30(23-17-22(49)16-21-9-10-26(38)28(39)27(21)23)29(40)31(24)45-34(46-33)51-20-36(6-2)13-8-14-48(36)7-3/h9-11,16-18,49H,5-8,12-15,19-20H2,1-4H3. The maximum atomic E-state index is 16.8. The molecule has 2 aromatic heterocycles. The normalized spacial score (nSPS) is 21.5. The molecule has 1 N–H and O–H groups in total. The predicted molar refractivity (Wildman–Crippen MR) is 181 cm³/mol. The molecular formula is C37H39F6N5O3. The third-order valence-corrected chi connectivity index (χ3v) is 10.5. The Morgan fingerprint density at radius 1 is 1.08 bits per heavy atom. The molecule has 51 heavy (non-hydrogen) atoms. The summed E-state index contributed by atoms with van der Waals surface area (Å²) in [5.41, 5.74) is -2.82. The number of pyridine rings is 1. The fraction of sp³-hybridized carbons (Fsp3) is 0.459. The number of likely N-dealkylation sites (N-methyl/N-ethyl adjacent to an activating group) is 1. The average molecular weight is 716 g/mol. The Balaban J connectivity index is 1.53. The van der Waals surface area contributed by atoms with Gasteiger partial charge in [-0.2, -0.15) is 23.1 Å². The fourth-order valence-corrected chi connectivity index (χ4v) is 7.90. The number of carbonyl (C=O) groups is 1. The van der Waals surface area contributed by atoms with Crippen LogP contribution in [0.3, 0.4) is 0 Å². The molecule has 272 valence electrons. The number of aromatic hydroxyl groups is 1. The summed E-state index contributed by atoms with van der Waals surface area (Å²) in [7, 11) is 0. The molecule has 2 aromatic carbocycles. The molecule has 1 saturated heterocycles. The molecule has 2 aliphatic heterocycles. The number of likely N-dealkylation sites (tertiary alicyclic amines) is 1. The molecule has 0 radical (unpaired) electrons. The number of nitrogens with zero attached hydrogens (tertiary/aromatic N) is 5. The highest BCUT2D eigenvalue weighted by molar-refractivity contribution is 6.02. The smallest absolute Gasteiger partial charge is 0.454 e. The minimum absolute atomic E-state index is 0.0619. The van der Waals surface area contributed by atoms with Crippen LogP contribution < -0.4 is 9.64 Å². The highest BCUT2D eigenvalue weighted by Crippen LogP contribution is 2.43. The minimum atomic E-state index is -5.06. The van der Waals surface area contributed by atoms with E-state index in [1.165, 1.54) is 24.4 Å². The molecule has 4 aromatic rings. The number of hydrogen-bond acceptors (Lipinski definition) is 8. The molecule has 0 saturated carbocycles. The van der Waals surface area contributed by atoms with Crippen molar-refractivity contribution in [3.05, 3.63) is 59.6 Å². The van der Waals surface area contributed by atoms with E-state index in [2.05, 4.69) is 33.7 Å². The first-order chi connectivity index (χ1) is 24.2. The summed E-state index contributed by atoms with van der Waals surface area (Å²) in [4.78, 5) is 29.9. The second-order valence-electron chi connectivity index (χ2n) is 13.7. The average Bonchev–Trinajstić information content (AvgIpc) is 3.51. The van der Waals surface area contributed by atoms with Crippen molar-refractivity contribution in [1.82, 2.24) is 19.9 Å². The first-order valence-electron chi connectivity index (χ1n) is 17.1. The number of carbonyl (C=O) groups excluding carboxylic acids is 1. The van der Waals surface area contributed by atoms with Gasteiger partial charge in [0.05, 0.1) is 10.9 Å². The van der Waals surface area contributed by atoms with Gasteiger partial charge in [0.15, 0.2) is 17.5 Å². The lowest BCUT2D eigenvalue weighted by Crippen LogP contribution is -2.48. The van der Waals surface area contributed by atoms with Crippen LogP contribution in [-0.4, -0.2) is 75.2 Å². The van der Waals surface area contributed by atoms with Gasteiger partial charge in [0.1, 0.15) is 29.4 Å². The number of aromatic nitrogens is 3. The molecule has 2 aliphatic rings. The van der Waals surface area contributed by atoms with E-state index in [1.54, 1.807) is 18.7 Å². The zero-order chi connectivity index (χ0) is 36.9. The minimum Gasteiger partial charge on any atom is -0.508 e. The van der Waals surface area contributed by atoms with Crippen molar-refractivity contribution in [2.45, 2.75) is 71.5 Å². The topological polar surface area (TPSA) is 91.7 Å². The number of halogens is 6. The quantitative estimate of drug-likeness (QED) is 0.164. The number of phenols is 1. The third-order valence-electron chi connectivity index (χ3n) is 10.5. The van der Waals surface area contributed by atoms with E-state index in [4.69, 9.17) is 4.74 Å². The predicted octanol–water partition coefficient (Wildman–Crippen LogP) is 8.30. The van der Waals surface area contributed by atoms with Crippen molar-refractivity contribution in [2.75, 3.05) is 37.7 Å². The van der Waals surface area contributed by atoms with Gasteiger partial charge in [-0.05, 0) is 62.4 Å². The molecule has 14 heteroatoms. The van der Waals surface area contributed by atoms with Gasteiger partial charge < -0.3 is 14.7 Å². The van der Waals surface area contributed by atoms with E-state index in [1.807, 2.05) is 0 Å². The summed E-state index contributed by atoms with van der Waals surface area (Å²) in [5.74, 6) is -5.58. The van der Waals surface area contributed by atoms with Crippen molar-refractivity contribution >= 4 is 33.3 Å². The Kier molecular flexibility index (Phi) is 9.68. The van der Waals surface area contributed by atoms with Crippen LogP contribution >= 0.6 is 0 Å². The van der Waals surface area contributed by atoms with Crippen LogP contribution in [0.25, 0.3) is 32.9 Å². The number of ketones is 1. The summed E-state index contributed by atoms with van der Waals surface area (Å²) in [6, 6.07) is 4.25. The number of Topliss-reactive ketones (excluding diaryl/α,β-unsaturated/α-hetero) is 1. The van der Waals surface area contributed by atoms with Crippen LogP contribution in [0.5, 0.6) is 11.8 Å². The van der Waals surface area contributed by atoms with Crippen LogP contribution in [-0.2, 0) is 4.79 Å². The highest BCUT2D eigenvalue weighted by Gasteiger charge is 2.48. The Morgan fingerprint density at radius 2 is 1.84 bits per heavy atom. The van der Waals surface area contributed by atoms with E-state index in [-0.39, 0.29) is 82.0 Å².